The number of carbonyl (C=O) groups is 1. The number of halogens is 3. The number of aryl methyl sites for hydroxylation is 2. The Kier molecular flexibility index (Phi) is 4.97. The van der Waals surface area contributed by atoms with Gasteiger partial charge in [0.15, 0.2) is 5.69 Å². The van der Waals surface area contributed by atoms with Crippen LogP contribution in [-0.2, 0) is 17.5 Å². The van der Waals surface area contributed by atoms with Crippen LogP contribution >= 0.6 is 0 Å². The van der Waals surface area contributed by atoms with Crippen LogP contribution in [0.2, 0.25) is 0 Å². The number of nitrogens with zero attached hydrogens (tertiary/aromatic N) is 2. The predicted octanol–water partition coefficient (Wildman–Crippen LogP) is 2.52. The molecular weight excluding hydrogens is 259 g/mol. The van der Waals surface area contributed by atoms with Gasteiger partial charge >= 0.3 is 6.18 Å². The number of carbonyl (C=O) groups excluding carboxylic acids is 1. The second-order valence-electron chi connectivity index (χ2n) is 4.52. The molecular formula is C12H18F3N3O. The Hall–Kier alpha value is -1.53. The molecule has 1 aromatic heterocycles. The summed E-state index contributed by atoms with van der Waals surface area (Å²) in [6.07, 6.45) is -3.52. The first-order valence-corrected chi connectivity index (χ1v) is 6.15. The van der Waals surface area contributed by atoms with Gasteiger partial charge in [0.1, 0.15) is 0 Å². The highest BCUT2D eigenvalue weighted by atomic mass is 19.4. The highest BCUT2D eigenvalue weighted by Crippen LogP contribution is 2.28. The van der Waals surface area contributed by atoms with Crippen molar-refractivity contribution in [3.8, 4) is 0 Å². The van der Waals surface area contributed by atoms with Crippen LogP contribution in [0, 0.1) is 6.92 Å². The van der Waals surface area contributed by atoms with E-state index in [1.54, 1.807) is 0 Å². The van der Waals surface area contributed by atoms with E-state index in [4.69, 9.17) is 0 Å². The summed E-state index contributed by atoms with van der Waals surface area (Å²) in [4.78, 5) is 11.5. The molecule has 0 aliphatic heterocycles. The van der Waals surface area contributed by atoms with E-state index in [2.05, 4.69) is 10.4 Å². The molecule has 0 spiro atoms. The molecule has 1 atom stereocenters. The smallest absolute Gasteiger partial charge is 0.354 e. The maximum absolute atomic E-state index is 12.4. The van der Waals surface area contributed by atoms with E-state index < -0.39 is 11.9 Å². The van der Waals surface area contributed by atoms with Gasteiger partial charge in [0, 0.05) is 24.7 Å². The van der Waals surface area contributed by atoms with Crippen molar-refractivity contribution in [2.24, 2.45) is 0 Å². The highest BCUT2D eigenvalue weighted by Gasteiger charge is 2.34. The van der Waals surface area contributed by atoms with Crippen molar-refractivity contribution in [1.82, 2.24) is 15.1 Å². The first-order valence-electron chi connectivity index (χ1n) is 6.15. The van der Waals surface area contributed by atoms with Gasteiger partial charge in [-0.25, -0.2) is 0 Å². The minimum atomic E-state index is -4.45. The lowest BCUT2D eigenvalue weighted by atomic mass is 10.2. The fourth-order valence-corrected chi connectivity index (χ4v) is 1.53. The molecule has 19 heavy (non-hydrogen) atoms. The largest absolute Gasteiger partial charge is 0.435 e. The van der Waals surface area contributed by atoms with Crippen LogP contribution in [0.4, 0.5) is 13.2 Å². The summed E-state index contributed by atoms with van der Waals surface area (Å²) in [5, 5.41) is 6.22. The van der Waals surface area contributed by atoms with E-state index in [0.717, 1.165) is 12.5 Å². The number of alkyl halides is 3. The third kappa shape index (κ3) is 4.57. The summed E-state index contributed by atoms with van der Waals surface area (Å²) in [5.41, 5.74) is -0.531. The van der Waals surface area contributed by atoms with E-state index in [1.807, 2.05) is 13.8 Å². The highest BCUT2D eigenvalue weighted by molar-refractivity contribution is 5.76. The van der Waals surface area contributed by atoms with E-state index in [-0.39, 0.29) is 24.9 Å². The number of hydrogen-bond donors (Lipinski definition) is 1. The molecule has 1 N–H and O–H groups in total. The Balaban J connectivity index is 2.59. The third-order valence-corrected chi connectivity index (χ3v) is 2.84. The molecule has 0 bridgehead atoms. The molecule has 0 saturated carbocycles. The van der Waals surface area contributed by atoms with Crippen molar-refractivity contribution in [3.05, 3.63) is 17.5 Å². The molecule has 0 aliphatic carbocycles. The van der Waals surface area contributed by atoms with E-state index in [0.29, 0.717) is 5.69 Å². The second-order valence-corrected chi connectivity index (χ2v) is 4.52. The van der Waals surface area contributed by atoms with Gasteiger partial charge in [-0.15, -0.1) is 0 Å². The molecule has 1 amide bonds. The zero-order chi connectivity index (χ0) is 14.6. The zero-order valence-electron chi connectivity index (χ0n) is 11.2. The lowest BCUT2D eigenvalue weighted by Gasteiger charge is -2.11. The van der Waals surface area contributed by atoms with Crippen molar-refractivity contribution in [2.75, 3.05) is 0 Å². The maximum atomic E-state index is 12.4. The van der Waals surface area contributed by atoms with Crippen molar-refractivity contribution in [3.63, 3.8) is 0 Å². The van der Waals surface area contributed by atoms with Gasteiger partial charge in [0.05, 0.1) is 0 Å². The third-order valence-electron chi connectivity index (χ3n) is 2.84. The molecule has 0 aromatic carbocycles. The van der Waals surface area contributed by atoms with Gasteiger partial charge in [-0.3, -0.25) is 9.48 Å². The van der Waals surface area contributed by atoms with Crippen molar-refractivity contribution < 1.29 is 18.0 Å². The zero-order valence-corrected chi connectivity index (χ0v) is 11.2. The van der Waals surface area contributed by atoms with Gasteiger partial charge in [0.2, 0.25) is 5.91 Å². The Morgan fingerprint density at radius 2 is 2.16 bits per heavy atom. The van der Waals surface area contributed by atoms with Gasteiger partial charge in [0.25, 0.3) is 0 Å². The first-order chi connectivity index (χ1) is 8.74. The van der Waals surface area contributed by atoms with Crippen LogP contribution < -0.4 is 5.32 Å². The maximum Gasteiger partial charge on any atom is 0.435 e. The molecule has 1 aromatic rings. The van der Waals surface area contributed by atoms with E-state index in [9.17, 15) is 18.0 Å². The molecule has 0 radical (unpaired) electrons. The molecule has 7 heteroatoms. The molecule has 1 rings (SSSR count). The number of amides is 1. The lowest BCUT2D eigenvalue weighted by Crippen LogP contribution is -2.32. The molecule has 0 saturated heterocycles. The topological polar surface area (TPSA) is 46.9 Å². The van der Waals surface area contributed by atoms with Crippen molar-refractivity contribution in [1.29, 1.82) is 0 Å². The second kappa shape index (κ2) is 6.08. The lowest BCUT2D eigenvalue weighted by molar-refractivity contribution is -0.141. The van der Waals surface area contributed by atoms with E-state index >= 15 is 0 Å². The van der Waals surface area contributed by atoms with Gasteiger partial charge in [-0.1, -0.05) is 6.92 Å². The fourth-order valence-electron chi connectivity index (χ4n) is 1.53. The van der Waals surface area contributed by atoms with Gasteiger partial charge in [-0.2, -0.15) is 18.3 Å². The molecule has 4 nitrogen and oxygen atoms in total. The monoisotopic (exact) mass is 277 g/mol. The van der Waals surface area contributed by atoms with Crippen LogP contribution in [0.1, 0.15) is 38.1 Å². The normalized spacial score (nSPS) is 13.4. The summed E-state index contributed by atoms with van der Waals surface area (Å²) in [6.45, 7) is 5.50. The van der Waals surface area contributed by atoms with Gasteiger partial charge in [-0.05, 0) is 26.3 Å². The SMILES string of the molecule is CCC(C)NC(=O)CCn1nc(C(F)(F)F)cc1C. The predicted molar refractivity (Wildman–Crippen MR) is 64.5 cm³/mol. The van der Waals surface area contributed by atoms with Crippen molar-refractivity contribution >= 4 is 5.91 Å². The quantitative estimate of drug-likeness (QED) is 0.899. The van der Waals surface area contributed by atoms with Crippen LogP contribution in [0.5, 0.6) is 0 Å². The summed E-state index contributed by atoms with van der Waals surface area (Å²) >= 11 is 0. The first kappa shape index (κ1) is 15.5. The van der Waals surface area contributed by atoms with Crippen LogP contribution in [0.15, 0.2) is 6.07 Å². The molecule has 0 aliphatic rings. The Morgan fingerprint density at radius 3 is 2.63 bits per heavy atom. The summed E-state index contributed by atoms with van der Waals surface area (Å²) in [7, 11) is 0. The number of nitrogens with one attached hydrogen (secondary N) is 1. The number of aromatic nitrogens is 2. The minimum Gasteiger partial charge on any atom is -0.354 e. The Bertz CT molecular complexity index is 440. The van der Waals surface area contributed by atoms with Crippen molar-refractivity contribution in [2.45, 2.75) is 52.4 Å². The van der Waals surface area contributed by atoms with E-state index in [1.165, 1.54) is 11.6 Å². The number of rotatable bonds is 5. The molecule has 108 valence electrons. The molecule has 1 heterocycles. The molecule has 1 unspecified atom stereocenters. The van der Waals surface area contributed by atoms with Crippen LogP contribution in [0.25, 0.3) is 0 Å². The minimum absolute atomic E-state index is 0.0666. The summed E-state index contributed by atoms with van der Waals surface area (Å²) in [6, 6.07) is 1.05. The average Bonchev–Trinajstić information content (AvgIpc) is 2.67. The number of hydrogen-bond acceptors (Lipinski definition) is 2. The van der Waals surface area contributed by atoms with Gasteiger partial charge < -0.3 is 5.32 Å². The standard InChI is InChI=1S/C12H18F3N3O/c1-4-8(2)16-11(19)5-6-18-9(3)7-10(17-18)12(13,14)15/h7-8H,4-6H2,1-3H3,(H,16,19). The summed E-state index contributed by atoms with van der Waals surface area (Å²) < 4.78 is 38.5. The summed E-state index contributed by atoms with van der Waals surface area (Å²) in [5.74, 6) is -0.183. The average molecular weight is 277 g/mol. The Labute approximate surface area is 110 Å². The van der Waals surface area contributed by atoms with Crippen LogP contribution in [0.3, 0.4) is 0 Å². The molecule has 0 fully saturated rings. The Morgan fingerprint density at radius 1 is 1.53 bits per heavy atom. The fraction of sp³-hybridized carbons (Fsp3) is 0.667. The van der Waals surface area contributed by atoms with Crippen LogP contribution in [-0.4, -0.2) is 21.7 Å².